The zero-order valence-electron chi connectivity index (χ0n) is 8.40. The number of nitriles is 4. The van der Waals surface area contributed by atoms with Crippen molar-refractivity contribution in [2.24, 2.45) is 5.41 Å². The zero-order chi connectivity index (χ0) is 11.7. The fourth-order valence-electron chi connectivity index (χ4n) is 1.71. The third-order valence-electron chi connectivity index (χ3n) is 2.65. The highest BCUT2D eigenvalue weighted by atomic mass is 16.5. The molecule has 1 rings (SSSR count). The van der Waals surface area contributed by atoms with Crippen LogP contribution in [-0.2, 0) is 4.74 Å². The van der Waals surface area contributed by atoms with Gasteiger partial charge in [-0.25, -0.2) is 0 Å². The van der Waals surface area contributed by atoms with Crippen molar-refractivity contribution in [1.29, 1.82) is 21.0 Å². The van der Waals surface area contributed by atoms with Gasteiger partial charge in [0.1, 0.15) is 24.3 Å². The van der Waals surface area contributed by atoms with Gasteiger partial charge >= 0.3 is 0 Å². The van der Waals surface area contributed by atoms with Crippen LogP contribution in [0.5, 0.6) is 0 Å². The Morgan fingerprint density at radius 3 is 1.60 bits per heavy atom. The fraction of sp³-hybridized carbons (Fsp3) is 0.600. The molecular weight excluding hydrogens is 192 g/mol. The maximum Gasteiger partial charge on any atom is 0.248 e. The summed E-state index contributed by atoms with van der Waals surface area (Å²) in [5, 5.41) is 35.6. The first-order valence-electron chi connectivity index (χ1n) is 4.26. The van der Waals surface area contributed by atoms with E-state index in [1.165, 1.54) is 0 Å². The summed E-state index contributed by atoms with van der Waals surface area (Å²) < 4.78 is 5.10. The summed E-state index contributed by atoms with van der Waals surface area (Å²) >= 11 is 0. The molecule has 1 fully saturated rings. The summed E-state index contributed by atoms with van der Waals surface area (Å²) in [6.45, 7) is 3.27. The maximum absolute atomic E-state index is 8.96. The van der Waals surface area contributed by atoms with E-state index in [4.69, 9.17) is 25.8 Å². The number of ether oxygens (including phenoxy) is 1. The Bertz CT molecular complexity index is 424. The van der Waals surface area contributed by atoms with Gasteiger partial charge in [0, 0.05) is 11.8 Å². The maximum atomic E-state index is 8.96. The molecule has 0 aromatic heterocycles. The molecule has 0 unspecified atom stereocenters. The summed E-state index contributed by atoms with van der Waals surface area (Å²) in [7, 11) is 0. The monoisotopic (exact) mass is 200 g/mol. The SMILES string of the molecule is CC1(C)CC(C#N)(C#N)OC1(C#N)C#N. The lowest BCUT2D eigenvalue weighted by Crippen LogP contribution is -2.39. The molecule has 0 atom stereocenters. The minimum absolute atomic E-state index is 0.0497. The van der Waals surface area contributed by atoms with Gasteiger partial charge in [0.15, 0.2) is 0 Å². The van der Waals surface area contributed by atoms with Crippen molar-refractivity contribution in [3.63, 3.8) is 0 Å². The molecule has 0 saturated carbocycles. The molecule has 1 aliphatic rings. The van der Waals surface area contributed by atoms with E-state index in [-0.39, 0.29) is 6.42 Å². The molecule has 74 valence electrons. The van der Waals surface area contributed by atoms with E-state index in [0.29, 0.717) is 0 Å². The summed E-state index contributed by atoms with van der Waals surface area (Å²) in [5.41, 5.74) is -4.25. The lowest BCUT2D eigenvalue weighted by molar-refractivity contribution is -0.00412. The van der Waals surface area contributed by atoms with Crippen molar-refractivity contribution in [2.45, 2.75) is 31.5 Å². The van der Waals surface area contributed by atoms with Crippen molar-refractivity contribution < 1.29 is 4.74 Å². The summed E-state index contributed by atoms with van der Waals surface area (Å²) in [5.74, 6) is 0. The van der Waals surface area contributed by atoms with Crippen molar-refractivity contribution >= 4 is 0 Å². The summed E-state index contributed by atoms with van der Waals surface area (Å²) in [6.07, 6.45) is 0.0497. The molecule has 0 aliphatic carbocycles. The van der Waals surface area contributed by atoms with E-state index < -0.39 is 16.6 Å². The van der Waals surface area contributed by atoms with Gasteiger partial charge < -0.3 is 4.74 Å². The highest BCUT2D eigenvalue weighted by Crippen LogP contribution is 2.50. The fourth-order valence-corrected chi connectivity index (χ4v) is 1.71. The van der Waals surface area contributed by atoms with Crippen LogP contribution in [-0.4, -0.2) is 11.2 Å². The Balaban J connectivity index is 3.33. The van der Waals surface area contributed by atoms with Crippen LogP contribution in [0.15, 0.2) is 0 Å². The minimum Gasteiger partial charge on any atom is -0.312 e. The first-order valence-corrected chi connectivity index (χ1v) is 4.26. The first kappa shape index (κ1) is 11.0. The molecule has 0 bridgehead atoms. The van der Waals surface area contributed by atoms with Crippen LogP contribution in [0.1, 0.15) is 20.3 Å². The Morgan fingerprint density at radius 1 is 0.933 bits per heavy atom. The summed E-state index contributed by atoms with van der Waals surface area (Å²) in [4.78, 5) is 0. The molecule has 0 aromatic carbocycles. The molecule has 1 heterocycles. The second kappa shape index (κ2) is 2.96. The summed E-state index contributed by atoms with van der Waals surface area (Å²) in [6, 6.07) is 6.95. The van der Waals surface area contributed by atoms with E-state index >= 15 is 0 Å². The Hall–Kier alpha value is -2.08. The molecule has 1 aliphatic heterocycles. The molecule has 0 N–H and O–H groups in total. The minimum atomic E-state index is -1.72. The van der Waals surface area contributed by atoms with Crippen molar-refractivity contribution in [1.82, 2.24) is 0 Å². The largest absolute Gasteiger partial charge is 0.312 e. The van der Waals surface area contributed by atoms with Gasteiger partial charge in [-0.1, -0.05) is 13.8 Å². The van der Waals surface area contributed by atoms with E-state index in [0.717, 1.165) is 0 Å². The van der Waals surface area contributed by atoms with E-state index in [9.17, 15) is 0 Å². The first-order chi connectivity index (χ1) is 6.91. The van der Waals surface area contributed by atoms with Gasteiger partial charge in [-0.2, -0.15) is 21.0 Å². The van der Waals surface area contributed by atoms with Gasteiger partial charge in [-0.3, -0.25) is 0 Å². The number of hydrogen-bond acceptors (Lipinski definition) is 5. The third kappa shape index (κ3) is 1.23. The second-order valence-electron chi connectivity index (χ2n) is 4.12. The highest BCUT2D eigenvalue weighted by molar-refractivity contribution is 5.35. The van der Waals surface area contributed by atoms with Crippen LogP contribution in [0.2, 0.25) is 0 Å². The Kier molecular flexibility index (Phi) is 2.17. The van der Waals surface area contributed by atoms with Gasteiger partial charge in [-0.05, 0) is 0 Å². The van der Waals surface area contributed by atoms with Crippen LogP contribution in [0, 0.1) is 50.7 Å². The molecule has 1 saturated heterocycles. The average Bonchev–Trinajstić information content (AvgIpc) is 2.47. The molecular formula is C10H8N4O. The van der Waals surface area contributed by atoms with E-state index in [1.54, 1.807) is 38.1 Å². The lowest BCUT2D eigenvalue weighted by Gasteiger charge is -2.25. The van der Waals surface area contributed by atoms with Gasteiger partial charge in [-0.15, -0.1) is 0 Å². The predicted octanol–water partition coefficient (Wildman–Crippen LogP) is 1.00. The van der Waals surface area contributed by atoms with Gasteiger partial charge in [0.05, 0.1) is 0 Å². The molecule has 0 radical (unpaired) electrons. The predicted molar refractivity (Wildman–Crippen MR) is 47.4 cm³/mol. The average molecular weight is 200 g/mol. The molecule has 5 heteroatoms. The lowest BCUT2D eigenvalue weighted by atomic mass is 9.74. The van der Waals surface area contributed by atoms with Crippen molar-refractivity contribution in [2.75, 3.05) is 0 Å². The third-order valence-corrected chi connectivity index (χ3v) is 2.65. The molecule has 0 spiro atoms. The number of hydrogen-bond donors (Lipinski definition) is 0. The van der Waals surface area contributed by atoms with Crippen molar-refractivity contribution in [3.8, 4) is 24.3 Å². The van der Waals surface area contributed by atoms with Gasteiger partial charge in [0.2, 0.25) is 11.2 Å². The topological polar surface area (TPSA) is 104 Å². The zero-order valence-corrected chi connectivity index (χ0v) is 8.40. The smallest absolute Gasteiger partial charge is 0.248 e. The van der Waals surface area contributed by atoms with Crippen LogP contribution in [0.4, 0.5) is 0 Å². The Morgan fingerprint density at radius 2 is 1.40 bits per heavy atom. The van der Waals surface area contributed by atoms with E-state index in [1.807, 2.05) is 0 Å². The van der Waals surface area contributed by atoms with Gasteiger partial charge in [0.25, 0.3) is 0 Å². The molecule has 0 aromatic rings. The van der Waals surface area contributed by atoms with Crippen molar-refractivity contribution in [3.05, 3.63) is 0 Å². The second-order valence-corrected chi connectivity index (χ2v) is 4.12. The normalized spacial score (nSPS) is 24.1. The molecule has 5 nitrogen and oxygen atoms in total. The quantitative estimate of drug-likeness (QED) is 0.580. The van der Waals surface area contributed by atoms with Crippen LogP contribution < -0.4 is 0 Å². The van der Waals surface area contributed by atoms with Crippen LogP contribution >= 0.6 is 0 Å². The molecule has 15 heavy (non-hydrogen) atoms. The van der Waals surface area contributed by atoms with Crippen LogP contribution in [0.25, 0.3) is 0 Å². The Labute approximate surface area is 87.7 Å². The highest BCUT2D eigenvalue weighted by Gasteiger charge is 2.63. The standard InChI is InChI=1S/C10H8N4O/c1-8(2)3-9(4-11,5-12)15-10(8,6-13)7-14/h3H2,1-2H3. The number of nitrogens with zero attached hydrogens (tertiary/aromatic N) is 4. The van der Waals surface area contributed by atoms with E-state index in [2.05, 4.69) is 0 Å². The molecule has 0 amide bonds. The van der Waals surface area contributed by atoms with Crippen LogP contribution in [0.3, 0.4) is 0 Å². The number of rotatable bonds is 0.